The molecule has 7 heteroatoms. The van der Waals surface area contributed by atoms with Crippen LogP contribution < -0.4 is 0 Å². The minimum atomic E-state index is 0.213. The maximum absolute atomic E-state index is 11.7. The van der Waals surface area contributed by atoms with E-state index in [1.54, 1.807) is 18.9 Å². The van der Waals surface area contributed by atoms with Crippen LogP contribution in [-0.4, -0.2) is 41.7 Å². The van der Waals surface area contributed by atoms with E-state index < -0.39 is 0 Å². The fourth-order valence-electron chi connectivity index (χ4n) is 2.56. The molecule has 4 heterocycles. The summed E-state index contributed by atoms with van der Waals surface area (Å²) in [6.45, 7) is 1.41. The SMILES string of the molecule is O=C1CCCN1Cc1cnc2c3[nH]cnc3ncn12. The van der Waals surface area contributed by atoms with E-state index in [1.165, 1.54) is 0 Å². The van der Waals surface area contributed by atoms with Crippen LogP contribution in [0.3, 0.4) is 0 Å². The molecule has 0 spiro atoms. The monoisotopic (exact) mass is 256 g/mol. The lowest BCUT2D eigenvalue weighted by molar-refractivity contribution is -0.128. The van der Waals surface area contributed by atoms with Crippen LogP contribution in [0.1, 0.15) is 18.5 Å². The summed E-state index contributed by atoms with van der Waals surface area (Å²) in [6, 6.07) is 0. The number of carbonyl (C=O) groups is 1. The normalized spacial score (nSPS) is 16.0. The van der Waals surface area contributed by atoms with E-state index in [9.17, 15) is 4.79 Å². The second kappa shape index (κ2) is 3.78. The number of fused-ring (bicyclic) bond motifs is 3. The number of carbonyl (C=O) groups excluding carboxylic acids is 1. The molecule has 96 valence electrons. The van der Waals surface area contributed by atoms with Crippen molar-refractivity contribution in [1.82, 2.24) is 29.2 Å². The molecular formula is C12H12N6O. The van der Waals surface area contributed by atoms with Crippen LogP contribution in [0.4, 0.5) is 0 Å². The first-order valence-corrected chi connectivity index (χ1v) is 6.25. The highest BCUT2D eigenvalue weighted by molar-refractivity contribution is 5.84. The summed E-state index contributed by atoms with van der Waals surface area (Å²) >= 11 is 0. The summed E-state index contributed by atoms with van der Waals surface area (Å²) in [7, 11) is 0. The topological polar surface area (TPSA) is 79.2 Å². The summed E-state index contributed by atoms with van der Waals surface area (Å²) in [4.78, 5) is 29.4. The quantitative estimate of drug-likeness (QED) is 0.733. The Kier molecular flexibility index (Phi) is 2.08. The first kappa shape index (κ1) is 10.5. The third kappa shape index (κ3) is 1.51. The van der Waals surface area contributed by atoms with Crippen molar-refractivity contribution in [3.05, 3.63) is 24.5 Å². The van der Waals surface area contributed by atoms with Crippen molar-refractivity contribution in [3.63, 3.8) is 0 Å². The van der Waals surface area contributed by atoms with Gasteiger partial charge in [0.1, 0.15) is 11.8 Å². The van der Waals surface area contributed by atoms with Gasteiger partial charge < -0.3 is 9.88 Å². The van der Waals surface area contributed by atoms with Crippen LogP contribution in [-0.2, 0) is 11.3 Å². The molecule has 0 aliphatic carbocycles. The summed E-state index contributed by atoms with van der Waals surface area (Å²) in [5.74, 6) is 0.213. The zero-order chi connectivity index (χ0) is 12.8. The second-order valence-electron chi connectivity index (χ2n) is 4.71. The summed E-state index contributed by atoms with van der Waals surface area (Å²) in [5.41, 5.74) is 3.24. The number of nitrogens with zero attached hydrogens (tertiary/aromatic N) is 5. The molecule has 3 aromatic heterocycles. The van der Waals surface area contributed by atoms with Crippen LogP contribution in [0.25, 0.3) is 16.8 Å². The summed E-state index contributed by atoms with van der Waals surface area (Å²) in [6.07, 6.45) is 6.71. The zero-order valence-electron chi connectivity index (χ0n) is 10.2. The van der Waals surface area contributed by atoms with Gasteiger partial charge in [0.25, 0.3) is 0 Å². The highest BCUT2D eigenvalue weighted by Gasteiger charge is 2.21. The van der Waals surface area contributed by atoms with E-state index in [0.29, 0.717) is 18.6 Å². The number of nitrogens with one attached hydrogen (secondary N) is 1. The van der Waals surface area contributed by atoms with Crippen LogP contribution in [0.2, 0.25) is 0 Å². The zero-order valence-corrected chi connectivity index (χ0v) is 10.2. The number of aromatic amines is 1. The third-order valence-corrected chi connectivity index (χ3v) is 3.54. The van der Waals surface area contributed by atoms with Crippen molar-refractivity contribution in [2.45, 2.75) is 19.4 Å². The van der Waals surface area contributed by atoms with Crippen molar-refractivity contribution in [2.24, 2.45) is 0 Å². The number of aromatic nitrogens is 5. The van der Waals surface area contributed by atoms with Crippen LogP contribution in [0.5, 0.6) is 0 Å². The minimum Gasteiger partial charge on any atom is -0.340 e. The van der Waals surface area contributed by atoms with Crippen molar-refractivity contribution < 1.29 is 4.79 Å². The van der Waals surface area contributed by atoms with E-state index in [2.05, 4.69) is 19.9 Å². The van der Waals surface area contributed by atoms with Gasteiger partial charge in [0.05, 0.1) is 24.8 Å². The molecule has 1 N–H and O–H groups in total. The number of rotatable bonds is 2. The van der Waals surface area contributed by atoms with Crippen LogP contribution in [0.15, 0.2) is 18.9 Å². The van der Waals surface area contributed by atoms with Crippen molar-refractivity contribution in [1.29, 1.82) is 0 Å². The lowest BCUT2D eigenvalue weighted by Crippen LogP contribution is -2.24. The minimum absolute atomic E-state index is 0.213. The lowest BCUT2D eigenvalue weighted by Gasteiger charge is -2.14. The highest BCUT2D eigenvalue weighted by Crippen LogP contribution is 2.18. The Balaban J connectivity index is 1.80. The molecular weight excluding hydrogens is 244 g/mol. The summed E-state index contributed by atoms with van der Waals surface area (Å²) in [5, 5.41) is 0. The van der Waals surface area contributed by atoms with Gasteiger partial charge in [0, 0.05) is 13.0 Å². The highest BCUT2D eigenvalue weighted by atomic mass is 16.2. The van der Waals surface area contributed by atoms with E-state index >= 15 is 0 Å². The van der Waals surface area contributed by atoms with Crippen LogP contribution >= 0.6 is 0 Å². The molecule has 1 fully saturated rings. The molecule has 3 aromatic rings. The van der Waals surface area contributed by atoms with Gasteiger partial charge in [-0.1, -0.05) is 0 Å². The lowest BCUT2D eigenvalue weighted by atomic mass is 10.4. The van der Waals surface area contributed by atoms with Gasteiger partial charge >= 0.3 is 0 Å². The van der Waals surface area contributed by atoms with E-state index in [-0.39, 0.29) is 5.91 Å². The predicted molar refractivity (Wildman–Crippen MR) is 67.3 cm³/mol. The molecule has 0 bridgehead atoms. The predicted octanol–water partition coefficient (Wildman–Crippen LogP) is 0.728. The molecule has 0 radical (unpaired) electrons. The Morgan fingerprint density at radius 3 is 3.11 bits per heavy atom. The van der Waals surface area contributed by atoms with Gasteiger partial charge in [-0.05, 0) is 6.42 Å². The molecule has 19 heavy (non-hydrogen) atoms. The molecule has 0 aromatic carbocycles. The van der Waals surface area contributed by atoms with Crippen molar-refractivity contribution in [3.8, 4) is 0 Å². The molecule has 1 saturated heterocycles. The summed E-state index contributed by atoms with van der Waals surface area (Å²) < 4.78 is 1.91. The molecule has 1 aliphatic rings. The molecule has 1 amide bonds. The standard InChI is InChI=1S/C12H12N6O/c19-9-2-1-3-17(9)5-8-4-13-12-10-11(15-6-14-10)16-7-18(8)12/h4,6-7H,1-3,5H2,(H,14,15). The molecule has 0 atom stereocenters. The number of hydrogen-bond donors (Lipinski definition) is 1. The van der Waals surface area contributed by atoms with Crippen molar-refractivity contribution in [2.75, 3.05) is 6.54 Å². The van der Waals surface area contributed by atoms with E-state index in [4.69, 9.17) is 0 Å². The third-order valence-electron chi connectivity index (χ3n) is 3.54. The number of imidazole rings is 2. The van der Waals surface area contributed by atoms with Crippen LogP contribution in [0, 0.1) is 0 Å². The first-order chi connectivity index (χ1) is 9.33. The van der Waals surface area contributed by atoms with Gasteiger partial charge in [-0.25, -0.2) is 15.0 Å². The van der Waals surface area contributed by atoms with Crippen molar-refractivity contribution >= 4 is 22.7 Å². The second-order valence-corrected chi connectivity index (χ2v) is 4.71. The fraction of sp³-hybridized carbons (Fsp3) is 0.333. The van der Waals surface area contributed by atoms with Gasteiger partial charge in [-0.2, -0.15) is 0 Å². The Morgan fingerprint density at radius 2 is 2.26 bits per heavy atom. The van der Waals surface area contributed by atoms with E-state index in [1.807, 2.05) is 9.30 Å². The Labute approximate surface area is 108 Å². The molecule has 0 saturated carbocycles. The Hall–Kier alpha value is -2.44. The Bertz CT molecular complexity index is 773. The smallest absolute Gasteiger partial charge is 0.222 e. The average molecular weight is 256 g/mol. The molecule has 7 nitrogen and oxygen atoms in total. The fourth-order valence-corrected chi connectivity index (χ4v) is 2.56. The first-order valence-electron chi connectivity index (χ1n) is 6.25. The van der Waals surface area contributed by atoms with Gasteiger partial charge in [-0.15, -0.1) is 0 Å². The maximum atomic E-state index is 11.7. The molecule has 4 rings (SSSR count). The number of amides is 1. The largest absolute Gasteiger partial charge is 0.340 e. The number of hydrogen-bond acceptors (Lipinski definition) is 4. The van der Waals surface area contributed by atoms with Gasteiger partial charge in [0.15, 0.2) is 11.3 Å². The Morgan fingerprint density at radius 1 is 1.32 bits per heavy atom. The number of H-pyrrole nitrogens is 1. The van der Waals surface area contributed by atoms with E-state index in [0.717, 1.165) is 29.8 Å². The molecule has 1 aliphatic heterocycles. The molecule has 0 unspecified atom stereocenters. The maximum Gasteiger partial charge on any atom is 0.222 e. The average Bonchev–Trinajstić information content (AvgIpc) is 3.10. The van der Waals surface area contributed by atoms with Gasteiger partial charge in [-0.3, -0.25) is 9.20 Å². The number of likely N-dealkylation sites (tertiary alicyclic amines) is 1. The van der Waals surface area contributed by atoms with Gasteiger partial charge in [0.2, 0.25) is 5.91 Å².